The Hall–Kier alpha value is -2.71. The second kappa shape index (κ2) is 10.6. The van der Waals surface area contributed by atoms with Gasteiger partial charge in [-0.25, -0.2) is 0 Å². The number of ether oxygens (including phenoxy) is 1. The predicted octanol–water partition coefficient (Wildman–Crippen LogP) is 5.29. The van der Waals surface area contributed by atoms with Crippen molar-refractivity contribution in [3.8, 4) is 17.7 Å². The van der Waals surface area contributed by atoms with Crippen LogP contribution in [0, 0.1) is 11.3 Å². The molecule has 2 aromatic rings. The molecule has 1 aromatic carbocycles. The molecule has 0 aliphatic carbocycles. The highest BCUT2D eigenvalue weighted by molar-refractivity contribution is 6.74. The van der Waals surface area contributed by atoms with E-state index in [0.717, 1.165) is 6.29 Å². The van der Waals surface area contributed by atoms with Crippen molar-refractivity contribution in [1.29, 1.82) is 5.26 Å². The Morgan fingerprint density at radius 1 is 1.14 bits per heavy atom. The lowest BCUT2D eigenvalue weighted by Crippen LogP contribution is -2.41. The van der Waals surface area contributed by atoms with E-state index in [9.17, 15) is 10.1 Å². The summed E-state index contributed by atoms with van der Waals surface area (Å²) in [7, 11) is -2.51. The summed E-state index contributed by atoms with van der Waals surface area (Å²) in [5.41, 5.74) is 0.229. The zero-order chi connectivity index (χ0) is 27.6. The quantitative estimate of drug-likeness (QED) is 0.269. The van der Waals surface area contributed by atoms with Gasteiger partial charge in [-0.15, -0.1) is 0 Å². The van der Waals surface area contributed by atoms with Gasteiger partial charge in [0.25, 0.3) is 0 Å². The van der Waals surface area contributed by atoms with Crippen LogP contribution in [0.1, 0.15) is 64.4 Å². The smallest absolute Gasteiger partial charge is 0.438 e. The molecule has 1 N–H and O–H groups in total. The summed E-state index contributed by atoms with van der Waals surface area (Å²) >= 11 is 0. The summed E-state index contributed by atoms with van der Waals surface area (Å²) in [6, 6.07) is 10.5. The number of pyridine rings is 1. The highest BCUT2D eigenvalue weighted by Crippen LogP contribution is 2.37. The van der Waals surface area contributed by atoms with Crippen molar-refractivity contribution in [1.82, 2.24) is 4.98 Å². The monoisotopic (exact) mass is 523 g/mol. The fraction of sp³-hybridized carbons (Fsp3) is 0.519. The molecule has 0 unspecified atom stereocenters. The SMILES string of the molecule is CC1(C)OB(c2ccc(Oc3nc(NCCO[Si](C)(C)C(C)(C)C)ccc3C#N)cc2C=O)OC1(C)C. The molecular formula is C27H38BN3O5Si. The lowest BCUT2D eigenvalue weighted by atomic mass is 9.76. The first kappa shape index (κ1) is 28.9. The number of nitrogens with zero attached hydrogens (tertiary/aromatic N) is 2. The van der Waals surface area contributed by atoms with E-state index in [1.807, 2.05) is 27.7 Å². The van der Waals surface area contributed by atoms with Crippen molar-refractivity contribution in [2.45, 2.75) is 77.8 Å². The number of hydrogen-bond acceptors (Lipinski definition) is 8. The summed E-state index contributed by atoms with van der Waals surface area (Å²) in [5, 5.41) is 12.9. The molecule has 198 valence electrons. The largest absolute Gasteiger partial charge is 0.495 e. The Bertz CT molecular complexity index is 1170. The van der Waals surface area contributed by atoms with Crippen molar-refractivity contribution >= 4 is 33.0 Å². The second-order valence-electron chi connectivity index (χ2n) is 11.8. The number of rotatable bonds is 9. The van der Waals surface area contributed by atoms with Crippen LogP contribution in [-0.2, 0) is 13.7 Å². The van der Waals surface area contributed by atoms with Gasteiger partial charge in [0.1, 0.15) is 29.5 Å². The number of aromatic nitrogens is 1. The number of carbonyl (C=O) groups excluding carboxylic acids is 1. The molecule has 3 rings (SSSR count). The molecule has 1 aliphatic heterocycles. The molecule has 10 heteroatoms. The molecular weight excluding hydrogens is 485 g/mol. The minimum absolute atomic E-state index is 0.138. The lowest BCUT2D eigenvalue weighted by Gasteiger charge is -2.36. The Balaban J connectivity index is 1.73. The molecule has 1 aromatic heterocycles. The van der Waals surface area contributed by atoms with Gasteiger partial charge in [-0.1, -0.05) is 26.8 Å². The summed E-state index contributed by atoms with van der Waals surface area (Å²) in [6.07, 6.45) is 0.742. The summed E-state index contributed by atoms with van der Waals surface area (Å²) in [4.78, 5) is 16.4. The van der Waals surface area contributed by atoms with E-state index in [1.54, 1.807) is 30.3 Å². The van der Waals surface area contributed by atoms with E-state index < -0.39 is 26.6 Å². The first-order valence-corrected chi connectivity index (χ1v) is 15.4. The van der Waals surface area contributed by atoms with Crippen molar-refractivity contribution in [3.05, 3.63) is 41.5 Å². The Labute approximate surface area is 221 Å². The number of benzene rings is 1. The molecule has 2 heterocycles. The van der Waals surface area contributed by atoms with Crippen LogP contribution in [-0.4, -0.2) is 51.1 Å². The van der Waals surface area contributed by atoms with Crippen LogP contribution in [0.25, 0.3) is 0 Å². The summed E-state index contributed by atoms with van der Waals surface area (Å²) < 4.78 is 24.3. The number of nitrogens with one attached hydrogen (secondary N) is 1. The molecule has 1 fully saturated rings. The molecule has 0 atom stereocenters. The Kier molecular flexibility index (Phi) is 8.25. The molecule has 0 radical (unpaired) electrons. The van der Waals surface area contributed by atoms with Gasteiger partial charge in [0.05, 0.1) is 17.8 Å². The van der Waals surface area contributed by atoms with Crippen LogP contribution in [0.3, 0.4) is 0 Å². The normalized spacial score (nSPS) is 16.8. The lowest BCUT2D eigenvalue weighted by molar-refractivity contribution is 0.00578. The van der Waals surface area contributed by atoms with E-state index in [1.165, 1.54) is 0 Å². The average Bonchev–Trinajstić information content (AvgIpc) is 3.02. The van der Waals surface area contributed by atoms with Crippen molar-refractivity contribution in [2.75, 3.05) is 18.5 Å². The minimum atomic E-state index is -1.83. The van der Waals surface area contributed by atoms with Crippen molar-refractivity contribution in [2.24, 2.45) is 0 Å². The number of carbonyl (C=O) groups is 1. The number of aldehydes is 1. The number of anilines is 1. The topological polar surface area (TPSA) is 103 Å². The van der Waals surface area contributed by atoms with Gasteiger partial charge >= 0.3 is 7.12 Å². The van der Waals surface area contributed by atoms with Crippen molar-refractivity contribution in [3.63, 3.8) is 0 Å². The first-order chi connectivity index (χ1) is 17.1. The highest BCUT2D eigenvalue weighted by atomic mass is 28.4. The first-order valence-electron chi connectivity index (χ1n) is 12.5. The zero-order valence-electron chi connectivity index (χ0n) is 23.4. The summed E-state index contributed by atoms with van der Waals surface area (Å²) in [6.45, 7) is 20.0. The minimum Gasteiger partial charge on any atom is -0.438 e. The van der Waals surface area contributed by atoms with Gasteiger partial charge in [0.15, 0.2) is 8.32 Å². The molecule has 8 nitrogen and oxygen atoms in total. The van der Waals surface area contributed by atoms with Gasteiger partial charge in [0.2, 0.25) is 5.88 Å². The predicted molar refractivity (Wildman–Crippen MR) is 148 cm³/mol. The third-order valence-electron chi connectivity index (χ3n) is 7.56. The second-order valence-corrected chi connectivity index (χ2v) is 16.6. The maximum absolute atomic E-state index is 11.9. The molecule has 1 aliphatic rings. The van der Waals surface area contributed by atoms with E-state index in [-0.39, 0.29) is 16.5 Å². The summed E-state index contributed by atoms with van der Waals surface area (Å²) in [5.74, 6) is 1.10. The van der Waals surface area contributed by atoms with Crippen LogP contribution in [0.4, 0.5) is 5.82 Å². The third-order valence-corrected chi connectivity index (χ3v) is 12.1. The van der Waals surface area contributed by atoms with Crippen LogP contribution in [0.2, 0.25) is 18.1 Å². The number of hydrogen-bond donors (Lipinski definition) is 1. The fourth-order valence-electron chi connectivity index (χ4n) is 3.42. The maximum Gasteiger partial charge on any atom is 0.495 e. The van der Waals surface area contributed by atoms with Gasteiger partial charge in [-0.3, -0.25) is 4.79 Å². The highest BCUT2D eigenvalue weighted by Gasteiger charge is 2.52. The molecule has 0 amide bonds. The zero-order valence-corrected chi connectivity index (χ0v) is 24.4. The molecule has 0 saturated carbocycles. The molecule has 1 saturated heterocycles. The van der Waals surface area contributed by atoms with E-state index in [0.29, 0.717) is 35.7 Å². The van der Waals surface area contributed by atoms with Gasteiger partial charge in [-0.05, 0) is 75.6 Å². The number of nitriles is 1. The average molecular weight is 524 g/mol. The van der Waals surface area contributed by atoms with Crippen LogP contribution in [0.15, 0.2) is 30.3 Å². The van der Waals surface area contributed by atoms with E-state index >= 15 is 0 Å². The van der Waals surface area contributed by atoms with Gasteiger partial charge in [-0.2, -0.15) is 10.2 Å². The molecule has 37 heavy (non-hydrogen) atoms. The third kappa shape index (κ3) is 6.41. The van der Waals surface area contributed by atoms with Crippen molar-refractivity contribution < 1.29 is 23.3 Å². The van der Waals surface area contributed by atoms with Gasteiger partial charge < -0.3 is 23.8 Å². The van der Waals surface area contributed by atoms with Crippen LogP contribution >= 0.6 is 0 Å². The van der Waals surface area contributed by atoms with Crippen LogP contribution < -0.4 is 15.5 Å². The molecule has 0 bridgehead atoms. The van der Waals surface area contributed by atoms with E-state index in [2.05, 4.69) is 50.2 Å². The fourth-order valence-corrected chi connectivity index (χ4v) is 4.46. The van der Waals surface area contributed by atoms with Crippen LogP contribution in [0.5, 0.6) is 11.6 Å². The maximum atomic E-state index is 11.9. The Morgan fingerprint density at radius 2 is 1.78 bits per heavy atom. The van der Waals surface area contributed by atoms with Gasteiger partial charge in [0, 0.05) is 12.1 Å². The molecule has 0 spiro atoms. The van der Waals surface area contributed by atoms with E-state index in [4.69, 9.17) is 18.5 Å². The Morgan fingerprint density at radius 3 is 2.35 bits per heavy atom. The standard InChI is InChI=1S/C27H38BN3O5Si/c1-25(2,3)37(8,9)33-15-14-30-23-13-10-19(17-29)24(31-23)34-21-11-12-22(20(16-21)18-32)28-35-26(4,5)27(6,7)36-28/h10-13,16,18H,14-15H2,1-9H3,(H,30,31).